The van der Waals surface area contributed by atoms with Crippen molar-refractivity contribution in [3.05, 3.63) is 33.5 Å². The molecule has 4 nitrogen and oxygen atoms in total. The van der Waals surface area contributed by atoms with Crippen molar-refractivity contribution < 1.29 is 20.1 Å². The molecular formula is C11H7ClO4S. The topological polar surface area (TPSA) is 77.8 Å². The first-order valence-electron chi connectivity index (χ1n) is 4.60. The fourth-order valence-electron chi connectivity index (χ4n) is 1.70. The number of Topliss-reactive ketones (excluding diaryl/α,β-unsaturated/α-hetero) is 1. The summed E-state index contributed by atoms with van der Waals surface area (Å²) in [5, 5.41) is 28.4. The molecule has 0 bridgehead atoms. The zero-order valence-corrected chi connectivity index (χ0v) is 10.2. The molecular weight excluding hydrogens is 264 g/mol. The van der Waals surface area contributed by atoms with Gasteiger partial charge in [-0.05, 0) is 6.92 Å². The minimum Gasteiger partial charge on any atom is -0.508 e. The molecule has 0 radical (unpaired) electrons. The summed E-state index contributed by atoms with van der Waals surface area (Å²) < 4.78 is 0. The van der Waals surface area contributed by atoms with Gasteiger partial charge in [-0.25, -0.2) is 0 Å². The van der Waals surface area contributed by atoms with Gasteiger partial charge in [-0.3, -0.25) is 4.79 Å². The third-order valence-electron chi connectivity index (χ3n) is 2.62. The summed E-state index contributed by atoms with van der Waals surface area (Å²) >= 11 is 10.6. The Hall–Kier alpha value is -1.59. The van der Waals surface area contributed by atoms with Crippen molar-refractivity contribution >= 4 is 34.5 Å². The quantitative estimate of drug-likeness (QED) is 0.631. The van der Waals surface area contributed by atoms with Crippen LogP contribution in [-0.4, -0.2) is 26.0 Å². The van der Waals surface area contributed by atoms with Crippen molar-refractivity contribution in [1.82, 2.24) is 0 Å². The van der Waals surface area contributed by atoms with Crippen LogP contribution >= 0.6 is 23.8 Å². The third kappa shape index (κ3) is 1.50. The summed E-state index contributed by atoms with van der Waals surface area (Å²) in [6, 6.07) is 1.04. The number of phenols is 2. The van der Waals surface area contributed by atoms with Crippen LogP contribution in [0.1, 0.15) is 21.5 Å². The molecule has 1 aliphatic carbocycles. The molecule has 1 aliphatic rings. The molecule has 0 aliphatic heterocycles. The monoisotopic (exact) mass is 270 g/mol. The second-order valence-electron chi connectivity index (χ2n) is 3.61. The Morgan fingerprint density at radius 2 is 1.76 bits per heavy atom. The highest BCUT2D eigenvalue weighted by Gasteiger charge is 2.33. The molecule has 0 unspecified atom stereocenters. The first kappa shape index (κ1) is 11.9. The van der Waals surface area contributed by atoms with E-state index in [0.717, 1.165) is 6.07 Å². The number of benzene rings is 1. The number of allylic oxidation sites excluding steroid dienone is 2. The number of thiocarbonyl (C=S) groups is 1. The summed E-state index contributed by atoms with van der Waals surface area (Å²) in [7, 11) is 0. The zero-order valence-electron chi connectivity index (χ0n) is 8.61. The van der Waals surface area contributed by atoms with Gasteiger partial charge in [0.15, 0.2) is 5.76 Å². The molecule has 17 heavy (non-hydrogen) atoms. The number of aliphatic hydroxyl groups excluding tert-OH is 1. The number of hydrogen-bond donors (Lipinski definition) is 3. The second-order valence-corrected chi connectivity index (χ2v) is 4.40. The third-order valence-corrected chi connectivity index (χ3v) is 3.36. The van der Waals surface area contributed by atoms with Crippen molar-refractivity contribution in [3.63, 3.8) is 0 Å². The van der Waals surface area contributed by atoms with Gasteiger partial charge in [-0.15, -0.1) is 0 Å². The first-order chi connectivity index (χ1) is 7.86. The molecule has 0 atom stereocenters. The van der Waals surface area contributed by atoms with E-state index < -0.39 is 22.3 Å². The van der Waals surface area contributed by atoms with Crippen LogP contribution in [0.3, 0.4) is 0 Å². The van der Waals surface area contributed by atoms with Crippen LogP contribution in [0, 0.1) is 6.92 Å². The Kier molecular flexibility index (Phi) is 2.60. The highest BCUT2D eigenvalue weighted by Crippen LogP contribution is 2.38. The largest absolute Gasteiger partial charge is 0.508 e. The van der Waals surface area contributed by atoms with E-state index in [1.54, 1.807) is 0 Å². The average Bonchev–Trinajstić information content (AvgIpc) is 2.28. The van der Waals surface area contributed by atoms with E-state index in [1.807, 2.05) is 0 Å². The molecule has 0 heterocycles. The minimum absolute atomic E-state index is 0.0618. The normalized spacial score (nSPS) is 15.2. The maximum absolute atomic E-state index is 11.8. The molecule has 88 valence electrons. The van der Waals surface area contributed by atoms with Gasteiger partial charge in [0, 0.05) is 17.2 Å². The van der Waals surface area contributed by atoms with Crippen LogP contribution in [0.5, 0.6) is 11.5 Å². The van der Waals surface area contributed by atoms with Gasteiger partial charge in [0.25, 0.3) is 0 Å². The van der Waals surface area contributed by atoms with Crippen molar-refractivity contribution in [2.75, 3.05) is 0 Å². The highest BCUT2D eigenvalue weighted by atomic mass is 35.5. The standard InChI is InChI=1S/C11H7ClO4S/c1-3-4(13)2-5(14)7-6(3)11(17)10(16)8(12)9(7)15/h2,13-14,16H,1H3. The van der Waals surface area contributed by atoms with Crippen LogP contribution in [-0.2, 0) is 0 Å². The van der Waals surface area contributed by atoms with E-state index >= 15 is 0 Å². The first-order valence-corrected chi connectivity index (χ1v) is 5.38. The van der Waals surface area contributed by atoms with Crippen LogP contribution in [0.2, 0.25) is 0 Å². The van der Waals surface area contributed by atoms with E-state index in [2.05, 4.69) is 0 Å². The van der Waals surface area contributed by atoms with Crippen LogP contribution in [0.4, 0.5) is 0 Å². The fourth-order valence-corrected chi connectivity index (χ4v) is 2.30. The van der Waals surface area contributed by atoms with Gasteiger partial charge in [-0.1, -0.05) is 23.8 Å². The maximum atomic E-state index is 11.8. The number of aliphatic hydroxyl groups is 1. The Morgan fingerprint density at radius 3 is 2.35 bits per heavy atom. The smallest absolute Gasteiger partial charge is 0.212 e. The Bertz CT molecular complexity index is 604. The van der Waals surface area contributed by atoms with E-state index in [4.69, 9.17) is 23.8 Å². The van der Waals surface area contributed by atoms with Crippen molar-refractivity contribution in [3.8, 4) is 11.5 Å². The molecule has 6 heteroatoms. The molecule has 0 spiro atoms. The second kappa shape index (κ2) is 3.72. The van der Waals surface area contributed by atoms with Gasteiger partial charge in [0.05, 0.1) is 10.4 Å². The van der Waals surface area contributed by atoms with Crippen LogP contribution in [0.25, 0.3) is 0 Å². The number of fused-ring (bicyclic) bond motifs is 1. The SMILES string of the molecule is Cc1c(O)cc(O)c2c1C(=S)C(O)=C(Cl)C2=O. The number of phenolic OH excluding ortho intramolecular Hbond substituents is 2. The lowest BCUT2D eigenvalue weighted by Gasteiger charge is -2.20. The Morgan fingerprint density at radius 1 is 1.18 bits per heavy atom. The van der Waals surface area contributed by atoms with Crippen molar-refractivity contribution in [2.24, 2.45) is 0 Å². The lowest BCUT2D eigenvalue weighted by atomic mass is 9.89. The van der Waals surface area contributed by atoms with Crippen LogP contribution < -0.4 is 0 Å². The van der Waals surface area contributed by atoms with Crippen molar-refractivity contribution in [1.29, 1.82) is 0 Å². The van der Waals surface area contributed by atoms with Gasteiger partial charge in [0.1, 0.15) is 16.5 Å². The number of carbonyl (C=O) groups excluding carboxylic acids is 1. The molecule has 1 aromatic carbocycles. The molecule has 0 fully saturated rings. The molecule has 3 N–H and O–H groups in total. The number of ketones is 1. The predicted molar refractivity (Wildman–Crippen MR) is 66.0 cm³/mol. The number of hydrogen-bond acceptors (Lipinski definition) is 5. The number of aromatic hydroxyl groups is 2. The Balaban J connectivity index is 2.90. The van der Waals surface area contributed by atoms with E-state index in [0.29, 0.717) is 5.56 Å². The fraction of sp³-hybridized carbons (Fsp3) is 0.0909. The molecule has 0 saturated heterocycles. The molecule has 1 aromatic rings. The molecule has 2 rings (SSSR count). The minimum atomic E-state index is -0.714. The number of carbonyl (C=O) groups is 1. The van der Waals surface area contributed by atoms with Gasteiger partial charge >= 0.3 is 0 Å². The lowest BCUT2D eigenvalue weighted by molar-refractivity contribution is 0.103. The van der Waals surface area contributed by atoms with Gasteiger partial charge in [-0.2, -0.15) is 0 Å². The molecule has 0 saturated carbocycles. The lowest BCUT2D eigenvalue weighted by Crippen LogP contribution is -2.20. The van der Waals surface area contributed by atoms with E-state index in [1.165, 1.54) is 6.92 Å². The highest BCUT2D eigenvalue weighted by molar-refractivity contribution is 7.81. The van der Waals surface area contributed by atoms with E-state index in [9.17, 15) is 20.1 Å². The van der Waals surface area contributed by atoms with Crippen molar-refractivity contribution in [2.45, 2.75) is 6.92 Å². The van der Waals surface area contributed by atoms with Crippen LogP contribution in [0.15, 0.2) is 16.9 Å². The summed E-state index contributed by atoms with van der Waals surface area (Å²) in [5.74, 6) is -1.84. The summed E-state index contributed by atoms with van der Waals surface area (Å²) in [6.45, 7) is 1.53. The summed E-state index contributed by atoms with van der Waals surface area (Å²) in [5.41, 5.74) is 0.365. The van der Waals surface area contributed by atoms with Gasteiger partial charge in [0.2, 0.25) is 5.78 Å². The number of halogens is 1. The predicted octanol–water partition coefficient (Wildman–Crippen LogP) is 2.33. The summed E-state index contributed by atoms with van der Waals surface area (Å²) in [6.07, 6.45) is 0. The average molecular weight is 271 g/mol. The zero-order chi connectivity index (χ0) is 12.9. The number of rotatable bonds is 0. The molecule has 0 amide bonds. The van der Waals surface area contributed by atoms with E-state index in [-0.39, 0.29) is 21.7 Å². The Labute approximate surface area is 107 Å². The van der Waals surface area contributed by atoms with Gasteiger partial charge < -0.3 is 15.3 Å². The molecule has 0 aromatic heterocycles. The maximum Gasteiger partial charge on any atom is 0.212 e. The summed E-state index contributed by atoms with van der Waals surface area (Å²) in [4.78, 5) is 11.7.